The number of guanidine groups is 1. The molecular formula is C21H41N7O5. The molecule has 0 saturated carbocycles. The second kappa shape index (κ2) is 15.0. The van der Waals surface area contributed by atoms with Gasteiger partial charge in [0.05, 0.1) is 6.04 Å². The average molecular weight is 472 g/mol. The maximum atomic E-state index is 13.0. The van der Waals surface area contributed by atoms with E-state index in [1.54, 1.807) is 6.92 Å². The van der Waals surface area contributed by atoms with Crippen LogP contribution in [0.5, 0.6) is 0 Å². The zero-order chi connectivity index (χ0) is 25.7. The van der Waals surface area contributed by atoms with Crippen LogP contribution in [0.3, 0.4) is 0 Å². The van der Waals surface area contributed by atoms with Crippen LogP contribution in [0.25, 0.3) is 0 Å². The number of aliphatic imine (C=N–C) groups is 1. The molecular weight excluding hydrogens is 430 g/mol. The van der Waals surface area contributed by atoms with Crippen molar-refractivity contribution in [2.75, 3.05) is 6.54 Å². The summed E-state index contributed by atoms with van der Waals surface area (Å²) in [7, 11) is 0. The molecule has 5 atom stereocenters. The molecule has 0 bridgehead atoms. The minimum Gasteiger partial charge on any atom is -0.480 e. The number of carboxylic acid groups (broad SMARTS) is 1. The Morgan fingerprint density at radius 1 is 0.909 bits per heavy atom. The monoisotopic (exact) mass is 471 g/mol. The molecule has 33 heavy (non-hydrogen) atoms. The van der Waals surface area contributed by atoms with Crippen LogP contribution in [-0.4, -0.2) is 65.5 Å². The van der Waals surface area contributed by atoms with Gasteiger partial charge in [-0.2, -0.15) is 0 Å². The summed E-state index contributed by atoms with van der Waals surface area (Å²) in [4.78, 5) is 53.4. The van der Waals surface area contributed by atoms with Crippen molar-refractivity contribution in [2.24, 2.45) is 34.0 Å². The molecule has 10 N–H and O–H groups in total. The lowest BCUT2D eigenvalue weighted by Crippen LogP contribution is -2.58. The number of carbonyl (C=O) groups excluding carboxylic acids is 3. The number of nitrogens with two attached hydrogens (primary N) is 3. The molecule has 190 valence electrons. The predicted octanol–water partition coefficient (Wildman–Crippen LogP) is -0.982. The molecule has 0 radical (unpaired) electrons. The first-order valence-electron chi connectivity index (χ1n) is 11.2. The second-order valence-corrected chi connectivity index (χ2v) is 8.70. The summed E-state index contributed by atoms with van der Waals surface area (Å²) in [5.74, 6) is -3.12. The zero-order valence-corrected chi connectivity index (χ0v) is 20.3. The van der Waals surface area contributed by atoms with Gasteiger partial charge in [-0.1, -0.05) is 34.1 Å². The highest BCUT2D eigenvalue weighted by molar-refractivity contribution is 5.94. The molecule has 0 heterocycles. The Hall–Kier alpha value is -2.89. The number of amides is 3. The Morgan fingerprint density at radius 2 is 1.48 bits per heavy atom. The Morgan fingerprint density at radius 3 is 1.94 bits per heavy atom. The van der Waals surface area contributed by atoms with E-state index in [9.17, 15) is 24.3 Å². The number of carboxylic acids is 1. The van der Waals surface area contributed by atoms with Crippen LogP contribution in [0, 0.1) is 11.8 Å². The third-order valence-electron chi connectivity index (χ3n) is 5.11. The lowest BCUT2D eigenvalue weighted by Gasteiger charge is -2.28. The van der Waals surface area contributed by atoms with Gasteiger partial charge in [0.25, 0.3) is 0 Å². The topological polar surface area (TPSA) is 215 Å². The van der Waals surface area contributed by atoms with Gasteiger partial charge >= 0.3 is 5.97 Å². The molecule has 0 aliphatic heterocycles. The molecule has 0 aliphatic carbocycles. The van der Waals surface area contributed by atoms with Crippen LogP contribution in [0.1, 0.15) is 60.3 Å². The highest BCUT2D eigenvalue weighted by Gasteiger charge is 2.32. The fourth-order valence-electron chi connectivity index (χ4n) is 2.98. The van der Waals surface area contributed by atoms with Crippen molar-refractivity contribution in [3.63, 3.8) is 0 Å². The van der Waals surface area contributed by atoms with E-state index >= 15 is 0 Å². The van der Waals surface area contributed by atoms with Gasteiger partial charge in [-0.15, -0.1) is 0 Å². The summed E-state index contributed by atoms with van der Waals surface area (Å²) in [6, 6.07) is -3.82. The molecule has 0 aromatic heterocycles. The maximum Gasteiger partial charge on any atom is 0.326 e. The van der Waals surface area contributed by atoms with E-state index in [4.69, 9.17) is 17.2 Å². The minimum absolute atomic E-state index is 0.0895. The normalized spacial score (nSPS) is 15.5. The summed E-state index contributed by atoms with van der Waals surface area (Å²) in [6.45, 7) is 9.16. The van der Waals surface area contributed by atoms with Crippen molar-refractivity contribution in [3.05, 3.63) is 0 Å². The third-order valence-corrected chi connectivity index (χ3v) is 5.11. The molecule has 5 unspecified atom stereocenters. The third kappa shape index (κ3) is 12.1. The Balaban J connectivity index is 5.42. The summed E-state index contributed by atoms with van der Waals surface area (Å²) in [6.07, 6.45) is 1.36. The number of rotatable bonds is 15. The predicted molar refractivity (Wildman–Crippen MR) is 126 cm³/mol. The number of aliphatic carboxylic acids is 1. The van der Waals surface area contributed by atoms with Crippen molar-refractivity contribution in [1.29, 1.82) is 0 Å². The minimum atomic E-state index is -1.20. The average Bonchev–Trinajstić information content (AvgIpc) is 2.71. The van der Waals surface area contributed by atoms with Gasteiger partial charge in [0.2, 0.25) is 17.7 Å². The van der Waals surface area contributed by atoms with E-state index in [-0.39, 0.29) is 30.8 Å². The zero-order valence-electron chi connectivity index (χ0n) is 20.3. The lowest BCUT2D eigenvalue weighted by molar-refractivity contribution is -0.143. The molecule has 0 saturated heterocycles. The van der Waals surface area contributed by atoms with Gasteiger partial charge < -0.3 is 38.3 Å². The van der Waals surface area contributed by atoms with Gasteiger partial charge in [-0.05, 0) is 38.0 Å². The Bertz CT molecular complexity index is 692. The molecule has 0 aromatic rings. The van der Waals surface area contributed by atoms with Crippen LogP contribution >= 0.6 is 0 Å². The van der Waals surface area contributed by atoms with Gasteiger partial charge in [0.15, 0.2) is 5.96 Å². The first-order valence-corrected chi connectivity index (χ1v) is 11.2. The van der Waals surface area contributed by atoms with Gasteiger partial charge in [0, 0.05) is 6.54 Å². The molecule has 0 aromatic carbocycles. The van der Waals surface area contributed by atoms with Gasteiger partial charge in [-0.25, -0.2) is 4.79 Å². The number of nitrogens with zero attached hydrogens (tertiary/aromatic N) is 1. The van der Waals surface area contributed by atoms with E-state index in [0.717, 1.165) is 0 Å². The quantitative estimate of drug-likeness (QED) is 0.0892. The summed E-state index contributed by atoms with van der Waals surface area (Å²) in [5.41, 5.74) is 16.1. The number of hydrogen-bond acceptors (Lipinski definition) is 6. The van der Waals surface area contributed by atoms with E-state index in [0.29, 0.717) is 19.3 Å². The first-order chi connectivity index (χ1) is 15.3. The molecule has 12 nitrogen and oxygen atoms in total. The number of hydrogen-bond donors (Lipinski definition) is 7. The van der Waals surface area contributed by atoms with Crippen LogP contribution in [-0.2, 0) is 19.2 Å². The van der Waals surface area contributed by atoms with Crippen LogP contribution in [0.4, 0.5) is 0 Å². The number of carbonyl (C=O) groups is 4. The van der Waals surface area contributed by atoms with Gasteiger partial charge in [0.1, 0.15) is 18.1 Å². The Labute approximate surface area is 195 Å². The fraction of sp³-hybridized carbons (Fsp3) is 0.762. The fourth-order valence-corrected chi connectivity index (χ4v) is 2.98. The van der Waals surface area contributed by atoms with E-state index < -0.39 is 47.9 Å². The van der Waals surface area contributed by atoms with Gasteiger partial charge in [-0.3, -0.25) is 19.4 Å². The van der Waals surface area contributed by atoms with Crippen LogP contribution in [0.15, 0.2) is 4.99 Å². The molecule has 12 heteroatoms. The van der Waals surface area contributed by atoms with Crippen LogP contribution in [0.2, 0.25) is 0 Å². The molecule has 0 aliphatic rings. The highest BCUT2D eigenvalue weighted by atomic mass is 16.4. The first kappa shape index (κ1) is 30.1. The summed E-state index contributed by atoms with van der Waals surface area (Å²) < 4.78 is 0. The van der Waals surface area contributed by atoms with Crippen molar-refractivity contribution < 1.29 is 24.3 Å². The van der Waals surface area contributed by atoms with Crippen molar-refractivity contribution in [1.82, 2.24) is 16.0 Å². The van der Waals surface area contributed by atoms with E-state index in [1.165, 1.54) is 6.92 Å². The lowest BCUT2D eigenvalue weighted by atomic mass is 9.96. The van der Waals surface area contributed by atoms with Crippen molar-refractivity contribution >= 4 is 29.7 Å². The van der Waals surface area contributed by atoms with E-state index in [2.05, 4.69) is 20.9 Å². The SMILES string of the molecule is CCC(C)C(NC(=O)C(CC(C)C)NC(=O)C(C)N)C(=O)NC(CCCN=C(N)N)C(=O)O. The molecule has 0 fully saturated rings. The second-order valence-electron chi connectivity index (χ2n) is 8.70. The summed E-state index contributed by atoms with van der Waals surface area (Å²) in [5, 5.41) is 17.3. The van der Waals surface area contributed by atoms with Crippen molar-refractivity contribution in [3.8, 4) is 0 Å². The molecule has 3 amide bonds. The Kier molecular flexibility index (Phi) is 13.7. The summed E-state index contributed by atoms with van der Waals surface area (Å²) >= 11 is 0. The standard InChI is InChI=1S/C21H41N7O5/c1-6-12(4)16(19(31)26-14(20(32)33)8-7-9-25-21(23)24)28-18(30)15(10-11(2)3)27-17(29)13(5)22/h11-16H,6-10,22H2,1-5H3,(H,26,31)(H,27,29)(H,28,30)(H,32,33)(H4,23,24,25). The smallest absolute Gasteiger partial charge is 0.326 e. The largest absolute Gasteiger partial charge is 0.480 e. The molecule has 0 spiro atoms. The maximum absolute atomic E-state index is 13.0. The van der Waals surface area contributed by atoms with Crippen LogP contribution < -0.4 is 33.2 Å². The highest BCUT2D eigenvalue weighted by Crippen LogP contribution is 2.12. The molecule has 0 rings (SSSR count). The number of nitrogens with one attached hydrogen (secondary N) is 3. The van der Waals surface area contributed by atoms with E-state index in [1.807, 2.05) is 20.8 Å². The van der Waals surface area contributed by atoms with Crippen molar-refractivity contribution in [2.45, 2.75) is 84.5 Å².